The summed E-state index contributed by atoms with van der Waals surface area (Å²) in [5, 5.41) is 17.8. The van der Waals surface area contributed by atoms with E-state index in [4.69, 9.17) is 9.52 Å². The van der Waals surface area contributed by atoms with Crippen LogP contribution in [0.5, 0.6) is 6.08 Å². The second kappa shape index (κ2) is 2.67. The van der Waals surface area contributed by atoms with Crippen LogP contribution in [0.1, 0.15) is 5.89 Å². The Labute approximate surface area is 72.0 Å². The Morgan fingerprint density at radius 3 is 2.83 bits per heavy atom. The molecule has 63 valence electrons. The number of hydrogen-bond acceptors (Lipinski definition) is 4. The van der Waals surface area contributed by atoms with E-state index in [1.807, 2.05) is 17.6 Å². The van der Waals surface area contributed by atoms with E-state index in [1.165, 1.54) is 0 Å². The summed E-state index contributed by atoms with van der Waals surface area (Å²) in [6.07, 6.45) is 7.27. The maximum absolute atomic E-state index is 8.80. The molecule has 1 atom stereocenters. The van der Waals surface area contributed by atoms with Crippen LogP contribution in [0.3, 0.4) is 0 Å². The van der Waals surface area contributed by atoms with Crippen molar-refractivity contribution in [3.8, 4) is 6.08 Å². The van der Waals surface area contributed by atoms with Gasteiger partial charge in [-0.25, -0.2) is 10.9 Å². The number of allylic oxidation sites excluding steroid dienone is 2. The second-order valence-electron chi connectivity index (χ2n) is 2.25. The third-order valence-corrected chi connectivity index (χ3v) is 2.95. The van der Waals surface area contributed by atoms with Crippen LogP contribution in [0, 0.1) is 6.26 Å². The van der Waals surface area contributed by atoms with Gasteiger partial charge >= 0.3 is 6.08 Å². The van der Waals surface area contributed by atoms with Crippen LogP contribution in [0.2, 0.25) is 0 Å². The zero-order valence-electron chi connectivity index (χ0n) is 6.14. The Balaban J connectivity index is 2.33. The monoisotopic (exact) mass is 183 g/mol. The summed E-state index contributed by atoms with van der Waals surface area (Å²) in [4.78, 5) is 0.901. The Morgan fingerprint density at radius 1 is 1.50 bits per heavy atom. The van der Waals surface area contributed by atoms with E-state index in [2.05, 4.69) is 16.5 Å². The van der Waals surface area contributed by atoms with Gasteiger partial charge in [0.2, 0.25) is 0 Å². The topological polar surface area (TPSA) is 59.2 Å². The van der Waals surface area contributed by atoms with Crippen molar-refractivity contribution in [2.24, 2.45) is 0 Å². The minimum Gasteiger partial charge on any atom is -0.465 e. The maximum Gasteiger partial charge on any atom is 0.412 e. The number of rotatable bonds is 1. The fraction of sp³-hybridized carbons (Fsp3) is 0. The van der Waals surface area contributed by atoms with Crippen LogP contribution >= 0.6 is 10.9 Å². The van der Waals surface area contributed by atoms with Crippen LogP contribution in [0.15, 0.2) is 22.0 Å². The molecule has 0 amide bonds. The van der Waals surface area contributed by atoms with Crippen LogP contribution in [-0.2, 0) is 0 Å². The molecule has 2 heterocycles. The molecule has 1 aromatic rings. The van der Waals surface area contributed by atoms with Gasteiger partial charge in [0.15, 0.2) is 0 Å². The van der Waals surface area contributed by atoms with Crippen molar-refractivity contribution in [2.75, 3.05) is 0 Å². The SMILES string of the molecule is [CH2][SH]1C=CC=C1c1nnc(O)o1. The van der Waals surface area contributed by atoms with Gasteiger partial charge in [0.1, 0.15) is 0 Å². The molecule has 1 N–H and O–H groups in total. The average Bonchev–Trinajstić information content (AvgIpc) is 2.58. The molecule has 12 heavy (non-hydrogen) atoms. The first-order chi connectivity index (χ1) is 5.77. The van der Waals surface area contributed by atoms with Gasteiger partial charge in [0.05, 0.1) is 4.91 Å². The maximum atomic E-state index is 8.80. The van der Waals surface area contributed by atoms with Gasteiger partial charge in [0, 0.05) is 0 Å². The molecule has 0 saturated carbocycles. The lowest BCUT2D eigenvalue weighted by Gasteiger charge is -2.05. The lowest BCUT2D eigenvalue weighted by molar-refractivity contribution is 0.313. The van der Waals surface area contributed by atoms with E-state index in [0.717, 1.165) is 4.91 Å². The smallest absolute Gasteiger partial charge is 0.412 e. The number of aromatic nitrogens is 2. The fourth-order valence-corrected chi connectivity index (χ4v) is 2.00. The van der Waals surface area contributed by atoms with Crippen molar-refractivity contribution >= 4 is 15.8 Å². The molecule has 0 aromatic carbocycles. The number of aromatic hydroxyl groups is 1. The van der Waals surface area contributed by atoms with Crippen molar-refractivity contribution in [3.63, 3.8) is 0 Å². The lowest BCUT2D eigenvalue weighted by atomic mass is 10.5. The van der Waals surface area contributed by atoms with Gasteiger partial charge in [-0.3, -0.25) is 0 Å². The number of nitrogens with zero attached hydrogens (tertiary/aromatic N) is 2. The summed E-state index contributed by atoms with van der Waals surface area (Å²) in [5.74, 6) is 0.360. The molecule has 1 radical (unpaired) electrons. The molecular weight excluding hydrogens is 176 g/mol. The molecule has 0 bridgehead atoms. The molecule has 0 spiro atoms. The van der Waals surface area contributed by atoms with Crippen molar-refractivity contribution in [1.82, 2.24) is 10.2 Å². The third kappa shape index (κ3) is 1.12. The Hall–Kier alpha value is -1.23. The minimum atomic E-state index is -0.568. The molecule has 0 saturated heterocycles. The molecule has 4 nitrogen and oxygen atoms in total. The normalized spacial score (nSPS) is 24.4. The van der Waals surface area contributed by atoms with Gasteiger partial charge < -0.3 is 9.52 Å². The predicted molar refractivity (Wildman–Crippen MR) is 47.4 cm³/mol. The van der Waals surface area contributed by atoms with Crippen molar-refractivity contribution in [1.29, 1.82) is 0 Å². The number of hydrogen-bond donors (Lipinski definition) is 2. The average molecular weight is 183 g/mol. The highest BCUT2D eigenvalue weighted by Crippen LogP contribution is 2.45. The van der Waals surface area contributed by atoms with Gasteiger partial charge in [-0.05, 0) is 17.7 Å². The van der Waals surface area contributed by atoms with Gasteiger partial charge in [0.25, 0.3) is 5.89 Å². The Morgan fingerprint density at radius 2 is 2.33 bits per heavy atom. The summed E-state index contributed by atoms with van der Waals surface area (Å²) in [5.41, 5.74) is 0. The van der Waals surface area contributed by atoms with Crippen LogP contribution in [0.25, 0.3) is 4.91 Å². The highest BCUT2D eigenvalue weighted by molar-refractivity contribution is 8.28. The molecule has 1 aliphatic heterocycles. The fourth-order valence-electron chi connectivity index (χ4n) is 0.927. The largest absolute Gasteiger partial charge is 0.465 e. The van der Waals surface area contributed by atoms with E-state index in [1.54, 1.807) is 0 Å². The quantitative estimate of drug-likeness (QED) is 0.647. The lowest BCUT2D eigenvalue weighted by Crippen LogP contribution is -1.79. The zero-order valence-corrected chi connectivity index (χ0v) is 7.03. The van der Waals surface area contributed by atoms with Gasteiger partial charge in [-0.15, -0.1) is 5.10 Å². The van der Waals surface area contributed by atoms with Gasteiger partial charge in [-0.2, -0.15) is 0 Å². The molecule has 0 fully saturated rings. The summed E-state index contributed by atoms with van der Waals surface area (Å²) < 4.78 is 4.84. The standard InChI is InChI=1S/C7H7N2O2S/c1-12-4-2-3-5(12)6-8-9-7(10)11-6/h2-4,12H,1H2,(H,9,10). The second-order valence-corrected chi connectivity index (χ2v) is 3.97. The zero-order chi connectivity index (χ0) is 8.55. The minimum absolute atomic E-state index is 0.360. The first kappa shape index (κ1) is 7.42. The van der Waals surface area contributed by atoms with Crippen molar-refractivity contribution < 1.29 is 9.52 Å². The summed E-state index contributed by atoms with van der Waals surface area (Å²) in [6, 6.07) is 0. The highest BCUT2D eigenvalue weighted by atomic mass is 32.2. The van der Waals surface area contributed by atoms with E-state index >= 15 is 0 Å². The third-order valence-electron chi connectivity index (χ3n) is 1.46. The van der Waals surface area contributed by atoms with E-state index in [-0.39, 0.29) is 0 Å². The Kier molecular flexibility index (Phi) is 1.65. The molecule has 0 aliphatic carbocycles. The molecular formula is C7H7N2O2S. The van der Waals surface area contributed by atoms with Crippen LogP contribution in [-0.4, -0.2) is 15.3 Å². The predicted octanol–water partition coefficient (Wildman–Crippen LogP) is 1.44. The van der Waals surface area contributed by atoms with E-state index < -0.39 is 17.0 Å². The van der Waals surface area contributed by atoms with E-state index in [9.17, 15) is 0 Å². The molecule has 1 unspecified atom stereocenters. The summed E-state index contributed by atoms with van der Waals surface area (Å²) in [7, 11) is -0.568. The molecule has 1 aromatic heterocycles. The Bertz CT molecular complexity index is 356. The molecule has 5 heteroatoms. The van der Waals surface area contributed by atoms with E-state index in [0.29, 0.717) is 5.89 Å². The first-order valence-electron chi connectivity index (χ1n) is 3.28. The van der Waals surface area contributed by atoms with Crippen LogP contribution < -0.4 is 0 Å². The van der Waals surface area contributed by atoms with Crippen molar-refractivity contribution in [2.45, 2.75) is 0 Å². The summed E-state index contributed by atoms with van der Waals surface area (Å²) in [6.45, 7) is 0. The van der Waals surface area contributed by atoms with Crippen LogP contribution in [0.4, 0.5) is 0 Å². The van der Waals surface area contributed by atoms with Crippen molar-refractivity contribution in [3.05, 3.63) is 29.7 Å². The molecule has 2 rings (SSSR count). The van der Waals surface area contributed by atoms with Gasteiger partial charge in [-0.1, -0.05) is 11.2 Å². The first-order valence-corrected chi connectivity index (χ1v) is 4.88. The number of thiol groups is 1. The highest BCUT2D eigenvalue weighted by Gasteiger charge is 2.15. The summed E-state index contributed by atoms with van der Waals surface area (Å²) >= 11 is 0. The molecule has 1 aliphatic rings.